The minimum absolute atomic E-state index is 0.110. The molecule has 3 nitrogen and oxygen atoms in total. The lowest BCUT2D eigenvalue weighted by atomic mass is 9.97. The molecule has 1 atom stereocenters. The number of ether oxygens (including phenoxy) is 2. The summed E-state index contributed by atoms with van der Waals surface area (Å²) in [5.41, 5.74) is 0.894. The maximum atomic E-state index is 12.2. The number of methoxy groups -OCH3 is 1. The lowest BCUT2D eigenvalue weighted by Crippen LogP contribution is -2.24. The van der Waals surface area contributed by atoms with Crippen LogP contribution in [0, 0.1) is 0 Å². The molecule has 1 unspecified atom stereocenters. The third kappa shape index (κ3) is 3.49. The van der Waals surface area contributed by atoms with Gasteiger partial charge in [0.1, 0.15) is 11.9 Å². The highest BCUT2D eigenvalue weighted by molar-refractivity contribution is 5.78. The summed E-state index contributed by atoms with van der Waals surface area (Å²) >= 11 is 0. The van der Waals surface area contributed by atoms with Gasteiger partial charge in [-0.15, -0.1) is 0 Å². The average Bonchev–Trinajstić information content (AvgIpc) is 2.47. The summed E-state index contributed by atoms with van der Waals surface area (Å²) in [6.45, 7) is 1.88. The molecule has 0 heterocycles. The van der Waals surface area contributed by atoms with E-state index in [-0.39, 0.29) is 18.0 Å². The maximum Gasteiger partial charge on any atom is 0.313 e. The number of hydrogen-bond donors (Lipinski definition) is 0. The monoisotopic (exact) mass is 262 g/mol. The van der Waals surface area contributed by atoms with Gasteiger partial charge in [0.15, 0.2) is 0 Å². The van der Waals surface area contributed by atoms with E-state index in [2.05, 4.69) is 0 Å². The zero-order valence-electron chi connectivity index (χ0n) is 11.7. The highest BCUT2D eigenvalue weighted by Crippen LogP contribution is 2.29. The summed E-state index contributed by atoms with van der Waals surface area (Å²) in [7, 11) is 1.62. The third-order valence-corrected chi connectivity index (χ3v) is 3.79. The van der Waals surface area contributed by atoms with Gasteiger partial charge in [0, 0.05) is 5.56 Å². The molecule has 1 aromatic rings. The molecule has 0 bridgehead atoms. The van der Waals surface area contributed by atoms with Gasteiger partial charge in [0.05, 0.1) is 13.0 Å². The van der Waals surface area contributed by atoms with Crippen LogP contribution in [-0.2, 0) is 9.53 Å². The molecule has 3 heteroatoms. The predicted molar refractivity (Wildman–Crippen MR) is 74.4 cm³/mol. The van der Waals surface area contributed by atoms with Crippen LogP contribution in [0.4, 0.5) is 0 Å². The first kappa shape index (κ1) is 13.9. The van der Waals surface area contributed by atoms with Gasteiger partial charge in [-0.3, -0.25) is 4.79 Å². The molecule has 0 aliphatic heterocycles. The Hall–Kier alpha value is -1.51. The molecule has 2 rings (SSSR count). The second kappa shape index (κ2) is 6.60. The molecule has 0 spiro atoms. The molecule has 1 saturated carbocycles. The Bertz CT molecular complexity index is 422. The molecule has 1 aromatic carbocycles. The fourth-order valence-corrected chi connectivity index (χ4v) is 2.60. The second-order valence-corrected chi connectivity index (χ2v) is 5.16. The zero-order valence-corrected chi connectivity index (χ0v) is 11.7. The normalized spacial score (nSPS) is 17.8. The van der Waals surface area contributed by atoms with E-state index in [1.807, 2.05) is 31.2 Å². The largest absolute Gasteiger partial charge is 0.496 e. The minimum atomic E-state index is -0.280. The SMILES string of the molecule is COc1ccccc1C(C)C(=O)OC1CCCCC1. The molecule has 0 amide bonds. The summed E-state index contributed by atoms with van der Waals surface area (Å²) in [5.74, 6) is 0.324. The third-order valence-electron chi connectivity index (χ3n) is 3.79. The molecular formula is C16H22O3. The van der Waals surface area contributed by atoms with Gasteiger partial charge in [0.25, 0.3) is 0 Å². The van der Waals surface area contributed by atoms with Crippen molar-refractivity contribution in [2.45, 2.75) is 51.0 Å². The van der Waals surface area contributed by atoms with Gasteiger partial charge in [-0.1, -0.05) is 24.6 Å². The molecule has 1 aliphatic carbocycles. The smallest absolute Gasteiger partial charge is 0.313 e. The number of rotatable bonds is 4. The summed E-state index contributed by atoms with van der Waals surface area (Å²) in [4.78, 5) is 12.2. The van der Waals surface area contributed by atoms with Crippen LogP contribution < -0.4 is 4.74 Å². The second-order valence-electron chi connectivity index (χ2n) is 5.16. The van der Waals surface area contributed by atoms with Crippen molar-refractivity contribution in [2.24, 2.45) is 0 Å². The van der Waals surface area contributed by atoms with Crippen LogP contribution in [0.2, 0.25) is 0 Å². The van der Waals surface area contributed by atoms with E-state index in [0.29, 0.717) is 0 Å². The number of carbonyl (C=O) groups is 1. The number of para-hydroxylation sites is 1. The van der Waals surface area contributed by atoms with Crippen LogP contribution in [-0.4, -0.2) is 19.2 Å². The Morgan fingerprint density at radius 3 is 2.58 bits per heavy atom. The minimum Gasteiger partial charge on any atom is -0.496 e. The molecule has 0 N–H and O–H groups in total. The van der Waals surface area contributed by atoms with Gasteiger partial charge in [0.2, 0.25) is 0 Å². The molecule has 104 valence electrons. The van der Waals surface area contributed by atoms with Crippen LogP contribution in [0.5, 0.6) is 5.75 Å². The fourth-order valence-electron chi connectivity index (χ4n) is 2.60. The molecule has 1 aliphatic rings. The van der Waals surface area contributed by atoms with Gasteiger partial charge in [-0.2, -0.15) is 0 Å². The Balaban J connectivity index is 2.01. The summed E-state index contributed by atoms with van der Waals surface area (Å²) in [6.07, 6.45) is 5.71. The Kier molecular flexibility index (Phi) is 4.83. The van der Waals surface area contributed by atoms with Crippen molar-refractivity contribution in [3.8, 4) is 5.75 Å². The van der Waals surface area contributed by atoms with Crippen molar-refractivity contribution in [3.05, 3.63) is 29.8 Å². The number of esters is 1. The molecule has 0 aromatic heterocycles. The van der Waals surface area contributed by atoms with Crippen LogP contribution in [0.3, 0.4) is 0 Å². The number of carbonyl (C=O) groups excluding carboxylic acids is 1. The van der Waals surface area contributed by atoms with E-state index in [9.17, 15) is 4.79 Å². The lowest BCUT2D eigenvalue weighted by Gasteiger charge is -2.24. The van der Waals surface area contributed by atoms with Gasteiger partial charge in [-0.05, 0) is 38.7 Å². The Labute approximate surface area is 114 Å². The topological polar surface area (TPSA) is 35.5 Å². The first-order valence-corrected chi connectivity index (χ1v) is 7.05. The van der Waals surface area contributed by atoms with Crippen LogP contribution >= 0.6 is 0 Å². The van der Waals surface area contributed by atoms with Crippen LogP contribution in [0.25, 0.3) is 0 Å². The summed E-state index contributed by atoms with van der Waals surface area (Å²) in [6, 6.07) is 7.62. The van der Waals surface area contributed by atoms with Crippen molar-refractivity contribution in [1.82, 2.24) is 0 Å². The van der Waals surface area contributed by atoms with E-state index in [4.69, 9.17) is 9.47 Å². The zero-order chi connectivity index (χ0) is 13.7. The highest BCUT2D eigenvalue weighted by atomic mass is 16.5. The highest BCUT2D eigenvalue weighted by Gasteiger charge is 2.24. The van der Waals surface area contributed by atoms with Crippen molar-refractivity contribution >= 4 is 5.97 Å². The van der Waals surface area contributed by atoms with Crippen molar-refractivity contribution in [1.29, 1.82) is 0 Å². The van der Waals surface area contributed by atoms with Crippen LogP contribution in [0.1, 0.15) is 50.5 Å². The quantitative estimate of drug-likeness (QED) is 0.777. The van der Waals surface area contributed by atoms with Crippen molar-refractivity contribution < 1.29 is 14.3 Å². The summed E-state index contributed by atoms with van der Waals surface area (Å²) in [5, 5.41) is 0. The van der Waals surface area contributed by atoms with E-state index in [1.165, 1.54) is 19.3 Å². The number of benzene rings is 1. The maximum absolute atomic E-state index is 12.2. The predicted octanol–water partition coefficient (Wildman–Crippen LogP) is 3.67. The van der Waals surface area contributed by atoms with Crippen LogP contribution in [0.15, 0.2) is 24.3 Å². The lowest BCUT2D eigenvalue weighted by molar-refractivity contribution is -0.152. The van der Waals surface area contributed by atoms with Gasteiger partial charge in [-0.25, -0.2) is 0 Å². The Morgan fingerprint density at radius 1 is 1.21 bits per heavy atom. The summed E-state index contributed by atoms with van der Waals surface area (Å²) < 4.78 is 10.9. The van der Waals surface area contributed by atoms with Gasteiger partial charge >= 0.3 is 5.97 Å². The molecule has 19 heavy (non-hydrogen) atoms. The average molecular weight is 262 g/mol. The fraction of sp³-hybridized carbons (Fsp3) is 0.562. The molecule has 0 radical (unpaired) electrons. The molecule has 0 saturated heterocycles. The first-order valence-electron chi connectivity index (χ1n) is 7.05. The Morgan fingerprint density at radius 2 is 1.89 bits per heavy atom. The standard InChI is InChI=1S/C16H22O3/c1-12(14-10-6-7-11-15(14)18-2)16(17)19-13-8-4-3-5-9-13/h6-7,10-13H,3-5,8-9H2,1-2H3. The van der Waals surface area contributed by atoms with E-state index >= 15 is 0 Å². The van der Waals surface area contributed by atoms with E-state index < -0.39 is 0 Å². The van der Waals surface area contributed by atoms with Crippen molar-refractivity contribution in [2.75, 3.05) is 7.11 Å². The van der Waals surface area contributed by atoms with Gasteiger partial charge < -0.3 is 9.47 Å². The first-order chi connectivity index (χ1) is 9.22. The van der Waals surface area contributed by atoms with Crippen molar-refractivity contribution in [3.63, 3.8) is 0 Å². The number of hydrogen-bond acceptors (Lipinski definition) is 3. The van der Waals surface area contributed by atoms with E-state index in [0.717, 1.165) is 24.2 Å². The van der Waals surface area contributed by atoms with E-state index in [1.54, 1.807) is 7.11 Å². The molecule has 1 fully saturated rings. The molecular weight excluding hydrogens is 240 g/mol.